The third kappa shape index (κ3) is 11.5. The summed E-state index contributed by atoms with van der Waals surface area (Å²) in [6.07, 6.45) is 0.691. The van der Waals surface area contributed by atoms with Crippen molar-refractivity contribution in [2.75, 3.05) is 13.1 Å². The van der Waals surface area contributed by atoms with E-state index in [0.29, 0.717) is 6.42 Å². The van der Waals surface area contributed by atoms with Gasteiger partial charge in [-0.15, -0.1) is 0 Å². The Morgan fingerprint density at radius 3 is 1.95 bits per heavy atom. The summed E-state index contributed by atoms with van der Waals surface area (Å²) in [6, 6.07) is 12.4. The summed E-state index contributed by atoms with van der Waals surface area (Å²) in [5, 5.41) is 19.3. The molecular weight excluding hydrogens is 516 g/mol. The van der Waals surface area contributed by atoms with Gasteiger partial charge in [0.25, 0.3) is 0 Å². The van der Waals surface area contributed by atoms with Gasteiger partial charge in [-0.3, -0.25) is 24.0 Å². The lowest BCUT2D eigenvalue weighted by Crippen LogP contribution is -2.55. The highest BCUT2D eigenvalue weighted by molar-refractivity contribution is 5.93. The number of phenols is 1. The van der Waals surface area contributed by atoms with Crippen LogP contribution < -0.4 is 32.7 Å². The second-order valence-corrected chi connectivity index (χ2v) is 9.87. The highest BCUT2D eigenvalue weighted by atomic mass is 16.3. The fraction of sp³-hybridized carbons (Fsp3) is 0.393. The molecule has 0 aliphatic heterocycles. The number of hydrogen-bond donors (Lipinski definition) is 7. The normalized spacial score (nSPS) is 13.0. The minimum Gasteiger partial charge on any atom is -0.508 e. The number of nitrogens with two attached hydrogens (primary N) is 2. The third-order valence-corrected chi connectivity index (χ3v) is 5.90. The van der Waals surface area contributed by atoms with E-state index in [4.69, 9.17) is 11.5 Å². The number of aromatic hydroxyl groups is 1. The highest BCUT2D eigenvalue weighted by Gasteiger charge is 2.26. The number of rotatable bonds is 15. The molecule has 0 aliphatic carbocycles. The van der Waals surface area contributed by atoms with Crippen LogP contribution in [0.3, 0.4) is 0 Å². The number of amides is 5. The molecule has 12 heteroatoms. The molecule has 2 rings (SSSR count). The van der Waals surface area contributed by atoms with Crippen molar-refractivity contribution in [3.05, 3.63) is 65.7 Å². The van der Waals surface area contributed by atoms with E-state index in [-0.39, 0.29) is 24.5 Å². The van der Waals surface area contributed by atoms with E-state index >= 15 is 0 Å². The summed E-state index contributed by atoms with van der Waals surface area (Å²) in [6.45, 7) is 2.93. The summed E-state index contributed by atoms with van der Waals surface area (Å²) >= 11 is 0. The average molecular weight is 555 g/mol. The minimum atomic E-state index is -1.03. The van der Waals surface area contributed by atoms with Crippen molar-refractivity contribution in [1.29, 1.82) is 0 Å². The lowest BCUT2D eigenvalue weighted by molar-refractivity contribution is -0.132. The first-order valence-electron chi connectivity index (χ1n) is 13.0. The number of primary amides is 1. The molecule has 0 fully saturated rings. The lowest BCUT2D eigenvalue weighted by atomic mass is 10.0. The quantitative estimate of drug-likeness (QED) is 0.150. The van der Waals surface area contributed by atoms with Gasteiger partial charge in [-0.05, 0) is 42.0 Å². The zero-order valence-electron chi connectivity index (χ0n) is 22.7. The molecule has 9 N–H and O–H groups in total. The summed E-state index contributed by atoms with van der Waals surface area (Å²) in [7, 11) is 0. The van der Waals surface area contributed by atoms with Gasteiger partial charge in [0.2, 0.25) is 29.5 Å². The predicted octanol–water partition coefficient (Wildman–Crippen LogP) is -0.762. The van der Waals surface area contributed by atoms with Crippen LogP contribution in [-0.4, -0.2) is 65.9 Å². The van der Waals surface area contributed by atoms with Gasteiger partial charge in [-0.25, -0.2) is 0 Å². The molecule has 0 heterocycles. The van der Waals surface area contributed by atoms with Gasteiger partial charge in [-0.1, -0.05) is 56.3 Å². The van der Waals surface area contributed by atoms with Gasteiger partial charge in [-0.2, -0.15) is 0 Å². The van der Waals surface area contributed by atoms with Crippen molar-refractivity contribution in [3.63, 3.8) is 0 Å². The highest BCUT2D eigenvalue weighted by Crippen LogP contribution is 2.11. The van der Waals surface area contributed by atoms with Gasteiger partial charge in [0.1, 0.15) is 17.8 Å². The summed E-state index contributed by atoms with van der Waals surface area (Å²) < 4.78 is 0. The minimum absolute atomic E-state index is 0.0930. The number of phenolic OH excluding ortho intramolecular Hbond substituents is 1. The Morgan fingerprint density at radius 2 is 1.35 bits per heavy atom. The van der Waals surface area contributed by atoms with Crippen LogP contribution in [0, 0.1) is 5.92 Å². The Bertz CT molecular complexity index is 1160. The molecule has 5 amide bonds. The first-order chi connectivity index (χ1) is 18.9. The van der Waals surface area contributed by atoms with E-state index in [2.05, 4.69) is 21.3 Å². The van der Waals surface area contributed by atoms with E-state index in [0.717, 1.165) is 11.1 Å². The molecule has 40 heavy (non-hydrogen) atoms. The topological polar surface area (TPSA) is 206 Å². The zero-order valence-corrected chi connectivity index (χ0v) is 22.7. The van der Waals surface area contributed by atoms with Crippen LogP contribution >= 0.6 is 0 Å². The Morgan fingerprint density at radius 1 is 0.750 bits per heavy atom. The molecule has 0 spiro atoms. The molecule has 0 aromatic heterocycles. The number of hydrogen-bond acceptors (Lipinski definition) is 7. The van der Waals surface area contributed by atoms with Crippen molar-refractivity contribution in [2.24, 2.45) is 17.4 Å². The number of benzene rings is 2. The van der Waals surface area contributed by atoms with Crippen LogP contribution in [0.1, 0.15) is 31.4 Å². The molecule has 2 aromatic rings. The first kappa shape index (κ1) is 31.8. The molecule has 0 saturated heterocycles. The molecular formula is C28H38N6O6. The first-order valence-corrected chi connectivity index (χ1v) is 13.0. The third-order valence-electron chi connectivity index (χ3n) is 5.90. The van der Waals surface area contributed by atoms with Crippen LogP contribution in [0.4, 0.5) is 0 Å². The van der Waals surface area contributed by atoms with Crippen LogP contribution in [0.25, 0.3) is 0 Å². The number of carbonyl (C=O) groups excluding carboxylic acids is 5. The van der Waals surface area contributed by atoms with Crippen LogP contribution in [0.5, 0.6) is 5.75 Å². The van der Waals surface area contributed by atoms with Crippen molar-refractivity contribution in [1.82, 2.24) is 21.3 Å². The van der Waals surface area contributed by atoms with E-state index in [1.165, 1.54) is 12.1 Å². The van der Waals surface area contributed by atoms with Crippen LogP contribution in [0.2, 0.25) is 0 Å². The average Bonchev–Trinajstić information content (AvgIpc) is 2.91. The second-order valence-electron chi connectivity index (χ2n) is 9.87. The molecule has 3 atom stereocenters. The molecule has 2 aromatic carbocycles. The summed E-state index contributed by atoms with van der Waals surface area (Å²) in [5.74, 6) is -2.90. The SMILES string of the molecule is CC(C)C[C@@H](NC(=O)[C@@H](Cc1ccccc1)NC(=O)CNC(=O)CNC(=O)[C@H](N)Cc1ccc(O)cc1)C(N)=O. The Labute approximate surface area is 233 Å². The van der Waals surface area contributed by atoms with Crippen molar-refractivity contribution in [2.45, 2.75) is 51.2 Å². The van der Waals surface area contributed by atoms with Crippen molar-refractivity contribution < 1.29 is 29.1 Å². The molecule has 12 nitrogen and oxygen atoms in total. The zero-order chi connectivity index (χ0) is 29.7. The van der Waals surface area contributed by atoms with Gasteiger partial charge in [0, 0.05) is 6.42 Å². The van der Waals surface area contributed by atoms with E-state index < -0.39 is 60.8 Å². The smallest absolute Gasteiger partial charge is 0.243 e. The predicted molar refractivity (Wildman–Crippen MR) is 148 cm³/mol. The Kier molecular flexibility index (Phi) is 12.6. The fourth-order valence-electron chi connectivity index (χ4n) is 3.81. The lowest BCUT2D eigenvalue weighted by Gasteiger charge is -2.23. The van der Waals surface area contributed by atoms with Crippen LogP contribution in [-0.2, 0) is 36.8 Å². The van der Waals surface area contributed by atoms with Gasteiger partial charge in [0.15, 0.2) is 0 Å². The van der Waals surface area contributed by atoms with E-state index in [1.54, 1.807) is 36.4 Å². The fourth-order valence-corrected chi connectivity index (χ4v) is 3.81. The van der Waals surface area contributed by atoms with Gasteiger partial charge in [0.05, 0.1) is 19.1 Å². The second kappa shape index (κ2) is 15.8. The summed E-state index contributed by atoms with van der Waals surface area (Å²) in [5.41, 5.74) is 12.8. The molecule has 0 radical (unpaired) electrons. The largest absolute Gasteiger partial charge is 0.508 e. The Hall–Kier alpha value is -4.45. The van der Waals surface area contributed by atoms with Crippen LogP contribution in [0.15, 0.2) is 54.6 Å². The molecule has 0 saturated carbocycles. The Balaban J connectivity index is 1.88. The molecule has 0 unspecified atom stereocenters. The van der Waals surface area contributed by atoms with Crippen molar-refractivity contribution >= 4 is 29.5 Å². The monoisotopic (exact) mass is 554 g/mol. The number of carbonyl (C=O) groups is 5. The maximum absolute atomic E-state index is 13.0. The maximum Gasteiger partial charge on any atom is 0.243 e. The summed E-state index contributed by atoms with van der Waals surface area (Å²) in [4.78, 5) is 61.9. The van der Waals surface area contributed by atoms with E-state index in [9.17, 15) is 29.1 Å². The molecule has 0 aliphatic rings. The molecule has 0 bridgehead atoms. The number of nitrogens with one attached hydrogen (secondary N) is 4. The van der Waals surface area contributed by atoms with E-state index in [1.807, 2.05) is 19.9 Å². The van der Waals surface area contributed by atoms with Gasteiger partial charge >= 0.3 is 0 Å². The molecule has 216 valence electrons. The van der Waals surface area contributed by atoms with Gasteiger partial charge < -0.3 is 37.8 Å². The maximum atomic E-state index is 13.0. The standard InChI is InChI=1S/C28H38N6O6/c1-17(2)12-22(26(30)38)34-28(40)23(14-18-6-4-3-5-7-18)33-25(37)16-31-24(36)15-32-27(39)21(29)13-19-8-10-20(35)11-9-19/h3-11,17,21-23,35H,12-16,29H2,1-2H3,(H2,30,38)(H,31,36)(H,32,39)(H,33,37)(H,34,40)/t21-,22-,23-/m1/s1. The van der Waals surface area contributed by atoms with Crippen molar-refractivity contribution in [3.8, 4) is 5.75 Å².